The summed E-state index contributed by atoms with van der Waals surface area (Å²) in [6.45, 7) is 8.10. The monoisotopic (exact) mass is 850 g/mol. The van der Waals surface area contributed by atoms with E-state index in [2.05, 4.69) is 10.3 Å². The van der Waals surface area contributed by atoms with Crippen molar-refractivity contribution < 1.29 is 66.0 Å². The van der Waals surface area contributed by atoms with Crippen LogP contribution < -0.4 is 10.2 Å². The van der Waals surface area contributed by atoms with Gasteiger partial charge in [-0.25, -0.2) is 24.4 Å². The molecule has 0 saturated carbocycles. The molecule has 2 atom stereocenters. The average Bonchev–Trinajstić information content (AvgIpc) is 3.70. The maximum absolute atomic E-state index is 14.4. The molecule has 3 amide bonds. The third kappa shape index (κ3) is 14.9. The quantitative estimate of drug-likeness (QED) is 0.0658. The van der Waals surface area contributed by atoms with Crippen molar-refractivity contribution in [2.45, 2.75) is 78.2 Å². The van der Waals surface area contributed by atoms with E-state index >= 15 is 0 Å². The molecule has 2 saturated heterocycles. The minimum Gasteiger partial charge on any atom is -0.449 e. The van der Waals surface area contributed by atoms with Crippen LogP contribution >= 0.6 is 7.60 Å². The lowest BCUT2D eigenvalue weighted by Crippen LogP contribution is -2.57. The molecule has 2 fully saturated rings. The molecule has 0 unspecified atom stereocenters. The van der Waals surface area contributed by atoms with Gasteiger partial charge in [-0.05, 0) is 40.5 Å². The second kappa shape index (κ2) is 22.9. The van der Waals surface area contributed by atoms with Crippen molar-refractivity contribution in [2.75, 3.05) is 77.6 Å². The molecule has 1 aromatic carbocycles. The Morgan fingerprint density at radius 1 is 0.847 bits per heavy atom. The van der Waals surface area contributed by atoms with E-state index in [4.69, 9.17) is 42.5 Å². The van der Waals surface area contributed by atoms with Crippen LogP contribution in [-0.2, 0) is 46.8 Å². The third-order valence-corrected chi connectivity index (χ3v) is 10.7. The molecule has 4 rings (SSSR count). The number of hydrogen-bond acceptors (Lipinski definition) is 17. The molecule has 59 heavy (non-hydrogen) atoms. The van der Waals surface area contributed by atoms with Crippen LogP contribution in [0.5, 0.6) is 0 Å². The zero-order chi connectivity index (χ0) is 43.0. The second-order valence-corrected chi connectivity index (χ2v) is 16.2. The number of ether oxygens (including phenoxy) is 6. The lowest BCUT2D eigenvalue weighted by Gasteiger charge is -2.36. The van der Waals surface area contributed by atoms with Crippen LogP contribution in [0.4, 0.5) is 20.2 Å². The molecule has 0 spiro atoms. The standard InChI is InChI=1S/C38H55N6O14P/c1-7-8-20-52-36(47)43-18-16-42(17-19-43)35(46)31(23-59(50,55-24-53-37(48)57-26(2)3)56-25-54-38(49)58-27(4)5)40-34(45)30-21-32(44-15-14-29(22-44)51-6)41-33(39-30)28-12-10-9-11-13-28/h9-13,21,26-27,29,31H,7-8,14-20,22-25H2,1-6H3,(H,40,45)/t29-,31-/m0/s1. The second-order valence-electron chi connectivity index (χ2n) is 14.1. The van der Waals surface area contributed by atoms with Crippen LogP contribution in [0.2, 0.25) is 0 Å². The smallest absolute Gasteiger partial charge is 0.449 e. The van der Waals surface area contributed by atoms with Crippen molar-refractivity contribution in [3.05, 3.63) is 42.1 Å². The summed E-state index contributed by atoms with van der Waals surface area (Å²) in [4.78, 5) is 79.5. The molecular weight excluding hydrogens is 795 g/mol. The number of carbonyl (C=O) groups excluding carboxylic acids is 5. The molecule has 1 aromatic heterocycles. The van der Waals surface area contributed by atoms with Crippen LogP contribution in [-0.4, -0.2) is 147 Å². The van der Waals surface area contributed by atoms with E-state index < -0.39 is 75.8 Å². The summed E-state index contributed by atoms with van der Waals surface area (Å²) in [6.07, 6.45) is -2.48. The van der Waals surface area contributed by atoms with Crippen molar-refractivity contribution >= 4 is 43.6 Å². The Labute approximate surface area is 343 Å². The normalized spacial score (nSPS) is 16.1. The summed E-state index contributed by atoms with van der Waals surface area (Å²) in [6, 6.07) is 8.88. The number of aromatic nitrogens is 2. The number of hydrogen-bond donors (Lipinski definition) is 1. The summed E-state index contributed by atoms with van der Waals surface area (Å²) in [7, 11) is -2.99. The zero-order valence-electron chi connectivity index (χ0n) is 34.4. The maximum atomic E-state index is 14.4. The fraction of sp³-hybridized carbons (Fsp3) is 0.605. The molecule has 20 nitrogen and oxygen atoms in total. The summed E-state index contributed by atoms with van der Waals surface area (Å²) in [5.74, 6) is -0.844. The molecule has 326 valence electrons. The minimum atomic E-state index is -4.61. The van der Waals surface area contributed by atoms with Crippen LogP contribution in [0.1, 0.15) is 64.4 Å². The highest BCUT2D eigenvalue weighted by molar-refractivity contribution is 7.54. The van der Waals surface area contributed by atoms with Gasteiger partial charge >= 0.3 is 26.0 Å². The van der Waals surface area contributed by atoms with Gasteiger partial charge < -0.3 is 48.4 Å². The van der Waals surface area contributed by atoms with Gasteiger partial charge in [0, 0.05) is 58.0 Å². The first-order valence-corrected chi connectivity index (χ1v) is 21.2. The first-order chi connectivity index (χ1) is 28.2. The summed E-state index contributed by atoms with van der Waals surface area (Å²) in [5.41, 5.74) is 0.520. The third-order valence-electron chi connectivity index (χ3n) is 8.88. The zero-order valence-corrected chi connectivity index (χ0v) is 35.3. The number of anilines is 1. The van der Waals surface area contributed by atoms with E-state index in [0.717, 1.165) is 12.8 Å². The largest absolute Gasteiger partial charge is 0.510 e. The minimum absolute atomic E-state index is 0.0415. The number of unbranched alkanes of at least 4 members (excludes halogenated alkanes) is 1. The average molecular weight is 851 g/mol. The molecule has 3 heterocycles. The first kappa shape index (κ1) is 46.6. The van der Waals surface area contributed by atoms with Crippen molar-refractivity contribution in [1.29, 1.82) is 0 Å². The van der Waals surface area contributed by atoms with E-state index in [0.29, 0.717) is 30.9 Å². The number of methoxy groups -OCH3 is 1. The number of rotatable bonds is 19. The Kier molecular flexibility index (Phi) is 18.1. The Bertz CT molecular complexity index is 1730. The Morgan fingerprint density at radius 2 is 1.46 bits per heavy atom. The number of amides is 3. The highest BCUT2D eigenvalue weighted by Gasteiger charge is 2.39. The van der Waals surface area contributed by atoms with E-state index in [9.17, 15) is 28.5 Å². The van der Waals surface area contributed by atoms with Crippen molar-refractivity contribution in [3.63, 3.8) is 0 Å². The van der Waals surface area contributed by atoms with Gasteiger partial charge in [-0.1, -0.05) is 43.7 Å². The molecule has 0 aliphatic carbocycles. The van der Waals surface area contributed by atoms with Gasteiger partial charge in [-0.2, -0.15) is 0 Å². The van der Waals surface area contributed by atoms with Crippen molar-refractivity contribution in [3.8, 4) is 11.4 Å². The predicted octanol–water partition coefficient (Wildman–Crippen LogP) is 4.81. The van der Waals surface area contributed by atoms with Gasteiger partial charge in [-0.3, -0.25) is 23.2 Å². The number of nitrogens with one attached hydrogen (secondary N) is 1. The Balaban J connectivity index is 1.64. The van der Waals surface area contributed by atoms with Crippen LogP contribution in [0.25, 0.3) is 11.4 Å². The van der Waals surface area contributed by atoms with Gasteiger partial charge in [0.25, 0.3) is 5.91 Å². The molecular formula is C38H55N6O14P. The maximum Gasteiger partial charge on any atom is 0.510 e. The molecule has 0 bridgehead atoms. The lowest BCUT2D eigenvalue weighted by atomic mass is 10.2. The molecule has 1 N–H and O–H groups in total. The van der Waals surface area contributed by atoms with Crippen LogP contribution in [0.3, 0.4) is 0 Å². The van der Waals surface area contributed by atoms with Gasteiger partial charge in [0.1, 0.15) is 17.6 Å². The fourth-order valence-corrected chi connectivity index (χ4v) is 7.24. The number of benzene rings is 1. The summed E-state index contributed by atoms with van der Waals surface area (Å²) < 4.78 is 55.8. The van der Waals surface area contributed by atoms with Gasteiger partial charge in [0.05, 0.1) is 31.1 Å². The highest BCUT2D eigenvalue weighted by Crippen LogP contribution is 2.49. The lowest BCUT2D eigenvalue weighted by molar-refractivity contribution is -0.134. The van der Waals surface area contributed by atoms with Gasteiger partial charge in [-0.15, -0.1) is 0 Å². The topological polar surface area (TPSA) is 224 Å². The van der Waals surface area contributed by atoms with E-state index in [1.54, 1.807) is 59.1 Å². The SMILES string of the molecule is CCCCOC(=O)N1CCN(C(=O)[C@H](CP(=O)(OCOC(=O)OC(C)C)OCOC(=O)OC(C)C)NC(=O)c2cc(N3CC[C@H](OC)C3)nc(-c3ccccc3)n2)CC1. The number of carbonyl (C=O) groups is 5. The fourth-order valence-electron chi connectivity index (χ4n) is 5.83. The molecule has 21 heteroatoms. The number of nitrogens with zero attached hydrogens (tertiary/aromatic N) is 5. The summed E-state index contributed by atoms with van der Waals surface area (Å²) in [5, 5.41) is 2.66. The summed E-state index contributed by atoms with van der Waals surface area (Å²) >= 11 is 0. The van der Waals surface area contributed by atoms with Crippen molar-refractivity contribution in [2.24, 2.45) is 0 Å². The molecule has 2 aliphatic heterocycles. The Hall–Kier alpha value is -5.04. The first-order valence-electron chi connectivity index (χ1n) is 19.5. The van der Waals surface area contributed by atoms with Gasteiger partial charge in [0.2, 0.25) is 19.5 Å². The highest BCUT2D eigenvalue weighted by atomic mass is 31.2. The number of piperazine rings is 1. The van der Waals surface area contributed by atoms with E-state index in [1.165, 1.54) is 15.9 Å². The van der Waals surface area contributed by atoms with E-state index in [1.807, 2.05) is 17.9 Å². The van der Waals surface area contributed by atoms with E-state index in [-0.39, 0.29) is 50.4 Å². The predicted molar refractivity (Wildman–Crippen MR) is 211 cm³/mol. The van der Waals surface area contributed by atoms with Crippen LogP contribution in [0.15, 0.2) is 36.4 Å². The molecule has 2 aliphatic rings. The molecule has 2 aromatic rings. The Morgan fingerprint density at radius 3 is 2.02 bits per heavy atom. The molecule has 0 radical (unpaired) electrons. The van der Waals surface area contributed by atoms with Crippen molar-refractivity contribution in [1.82, 2.24) is 25.1 Å². The van der Waals surface area contributed by atoms with Gasteiger partial charge in [0.15, 0.2) is 5.82 Å². The van der Waals surface area contributed by atoms with Crippen LogP contribution in [0, 0.1) is 0 Å².